The number of hydrogen-bond acceptors (Lipinski definition) is 13. The highest BCUT2D eigenvalue weighted by atomic mass is 32.1. The first-order valence-electron chi connectivity index (χ1n) is 35.7. The van der Waals surface area contributed by atoms with Crippen LogP contribution >= 0.6 is 11.3 Å². The monoisotopic (exact) mass is 1520 g/mol. The Morgan fingerprint density at radius 2 is 0.718 bits per heavy atom. The molecule has 566 valence electrons. The van der Waals surface area contributed by atoms with Gasteiger partial charge in [-0.2, -0.15) is 20.4 Å². The van der Waals surface area contributed by atoms with Crippen LogP contribution in [0.25, 0.3) is 92.2 Å². The lowest BCUT2D eigenvalue weighted by Crippen LogP contribution is -2.32. The van der Waals surface area contributed by atoms with Crippen LogP contribution in [0.2, 0.25) is 0 Å². The molecule has 0 radical (unpaired) electrons. The van der Waals surface area contributed by atoms with Gasteiger partial charge in [-0.25, -0.2) is 30.7 Å². The zero-order valence-electron chi connectivity index (χ0n) is 60.4. The highest BCUT2D eigenvalue weighted by Crippen LogP contribution is 2.49. The number of nitrogens with one attached hydrogen (secondary N) is 12. The van der Waals surface area contributed by atoms with E-state index in [4.69, 9.17) is 0 Å². The second-order valence-electron chi connectivity index (χ2n) is 28.0. The van der Waals surface area contributed by atoms with Crippen LogP contribution < -0.4 is 42.5 Å². The van der Waals surface area contributed by atoms with Crippen molar-refractivity contribution < 1.29 is 49.9 Å². The van der Waals surface area contributed by atoms with Gasteiger partial charge in [-0.3, -0.25) is 39.6 Å². The summed E-state index contributed by atoms with van der Waals surface area (Å²) in [7, 11) is 7.20. The molecule has 5 aromatic heterocycles. The molecule has 0 unspecified atom stereocenters. The third kappa shape index (κ3) is 17.7. The van der Waals surface area contributed by atoms with Gasteiger partial charge in [0.15, 0.2) is 0 Å². The first-order chi connectivity index (χ1) is 53.1. The maximum atomic E-state index is 14.4. The number of nitrogens with zero attached hydrogens (tertiary/aromatic N) is 4. The van der Waals surface area contributed by atoms with Crippen LogP contribution in [0.4, 0.5) is 53.5 Å². The summed E-state index contributed by atoms with van der Waals surface area (Å²) in [5, 5.41) is 55.8. The van der Waals surface area contributed by atoms with E-state index in [9.17, 15) is 49.9 Å². The lowest BCUT2D eigenvalue weighted by Gasteiger charge is -2.15. The topological polar surface area (TPSA) is 279 Å². The smallest absolute Gasteiger partial charge is 0.231 e. The largest absolute Gasteiger partial charge is 0.323 e. The number of fused-ring (bicyclic) bond motifs is 4. The number of thiophene rings is 1. The zero-order chi connectivity index (χ0) is 77.3. The molecule has 4 aliphatic rings. The van der Waals surface area contributed by atoms with Crippen LogP contribution in [0.3, 0.4) is 0 Å². The third-order valence-corrected chi connectivity index (χ3v) is 20.8. The van der Waals surface area contributed by atoms with E-state index in [-0.39, 0.29) is 63.8 Å². The number of halogens is 7. The summed E-state index contributed by atoms with van der Waals surface area (Å²) in [6.07, 6.45) is 20.5. The summed E-state index contributed by atoms with van der Waals surface area (Å²) >= 11 is 1.63. The van der Waals surface area contributed by atoms with E-state index in [0.717, 1.165) is 67.2 Å². The number of rotatable bonds is 24. The molecule has 12 N–H and O–H groups in total. The minimum Gasteiger partial charge on any atom is -0.323 e. The Bertz CT molecular complexity index is 5520. The second-order valence-corrected chi connectivity index (χ2v) is 29.0. The fourth-order valence-electron chi connectivity index (χ4n) is 12.9. The van der Waals surface area contributed by atoms with Crippen LogP contribution in [-0.2, 0) is 19.2 Å². The number of aromatic nitrogens is 8. The molecule has 110 heavy (non-hydrogen) atoms. The van der Waals surface area contributed by atoms with Crippen molar-refractivity contribution in [3.8, 4) is 0 Å². The Balaban J connectivity index is 0.000000129. The Morgan fingerprint density at radius 1 is 0.364 bits per heavy atom. The highest BCUT2D eigenvalue weighted by Gasteiger charge is 2.52. The van der Waals surface area contributed by atoms with Crippen LogP contribution in [0.5, 0.6) is 0 Å². The molecular weight excluding hydrogens is 1440 g/mol. The molecule has 4 saturated carbocycles. The molecule has 4 aliphatic carbocycles. The van der Waals surface area contributed by atoms with Crippen LogP contribution in [0.15, 0.2) is 139 Å². The fourth-order valence-corrected chi connectivity index (χ4v) is 13.5. The Kier molecular flexibility index (Phi) is 23.0. The number of H-pyrrole nitrogens is 4. The summed E-state index contributed by atoms with van der Waals surface area (Å²) in [6.45, 7) is 2.30. The summed E-state index contributed by atoms with van der Waals surface area (Å²) in [4.78, 5) is 51.3. The standard InChI is InChI=1S/3C21H20F2N4O.C19H19FN4OS/c1-24-12-21(8-9-21)20(28)25-19-10-15-17(26-27-18(15)11-16(19)23)7-4-13-2-5-14(22)6-3-13;1-24-12-21(7-8-21)20(28)25-19-10-15-17(26-27-18(15)11-16(19)23)6-5-13-3-2-4-14(22)9-13;1-24-12-21(8-9-21)20(28)25-19-10-14-17(26-27-18(14)11-16(19)23)7-6-13-4-2-3-5-15(13)22;1-21-11-19(6-7-19)18(25)22-17-9-13-15(5-4-12-3-2-8-26-12)23-24-16(13)10-14(17)20/h2-7,10-11,24H,8-9,12H2,1H3,(H,25,28)(H,26,27);2-6,9-11,24H,7-8,12H2,1H3,(H,25,28)(H,26,27);2-7,10-11,24H,8-9,12H2,1H3,(H,25,28)(H,26,27);2-5,8-10,21H,6-7,11H2,1H3,(H,22,25)(H,23,24)/b7-4+;6-5+;7-6+;5-4+. The minimum absolute atomic E-state index is 0.113. The quantitative estimate of drug-likeness (QED) is 0.0252. The van der Waals surface area contributed by atoms with Crippen LogP contribution in [0.1, 0.15) is 95.7 Å². The minimum atomic E-state index is -0.533. The van der Waals surface area contributed by atoms with Crippen molar-refractivity contribution in [2.45, 2.75) is 51.4 Å². The molecule has 12 aromatic rings. The van der Waals surface area contributed by atoms with Gasteiger partial charge in [-0.15, -0.1) is 11.3 Å². The molecule has 0 spiro atoms. The second kappa shape index (κ2) is 33.0. The number of carbonyl (C=O) groups excluding carboxylic acids is 4. The molecular formula is C82H79F7N16O4S. The van der Waals surface area contributed by atoms with Gasteiger partial charge in [0.2, 0.25) is 23.6 Å². The molecule has 0 atom stereocenters. The van der Waals surface area contributed by atoms with Crippen molar-refractivity contribution in [3.05, 3.63) is 224 Å². The third-order valence-electron chi connectivity index (χ3n) is 20.0. The van der Waals surface area contributed by atoms with E-state index in [1.165, 1.54) is 54.6 Å². The van der Waals surface area contributed by atoms with Gasteiger partial charge in [0.25, 0.3) is 0 Å². The van der Waals surface area contributed by atoms with E-state index in [1.807, 2.05) is 36.7 Å². The van der Waals surface area contributed by atoms with E-state index >= 15 is 0 Å². The predicted octanol–water partition coefficient (Wildman–Crippen LogP) is 15.7. The predicted molar refractivity (Wildman–Crippen MR) is 420 cm³/mol. The van der Waals surface area contributed by atoms with Gasteiger partial charge < -0.3 is 42.5 Å². The average Bonchev–Trinajstić information content (AvgIpc) is 1.63. The van der Waals surface area contributed by atoms with E-state index in [0.29, 0.717) is 98.3 Å². The van der Waals surface area contributed by atoms with Crippen LogP contribution in [-0.4, -0.2) is 119 Å². The zero-order valence-corrected chi connectivity index (χ0v) is 61.2. The number of benzene rings is 7. The molecule has 20 nitrogen and oxygen atoms in total. The van der Waals surface area contributed by atoms with Crippen molar-refractivity contribution in [2.24, 2.45) is 21.7 Å². The summed E-state index contributed by atoms with van der Waals surface area (Å²) in [6, 6.07) is 34.3. The van der Waals surface area contributed by atoms with E-state index < -0.39 is 44.9 Å². The molecule has 7 aromatic carbocycles. The number of hydrogen-bond donors (Lipinski definition) is 12. The van der Waals surface area contributed by atoms with Gasteiger partial charge in [0.05, 0.1) is 89.3 Å². The first-order valence-corrected chi connectivity index (χ1v) is 36.6. The van der Waals surface area contributed by atoms with Crippen molar-refractivity contribution in [3.63, 3.8) is 0 Å². The van der Waals surface area contributed by atoms with Crippen molar-refractivity contribution in [1.29, 1.82) is 0 Å². The number of amides is 4. The number of carbonyl (C=O) groups is 4. The number of aromatic amines is 4. The molecule has 0 saturated heterocycles. The molecule has 4 amide bonds. The van der Waals surface area contributed by atoms with Crippen LogP contribution in [0, 0.1) is 62.4 Å². The molecule has 4 fully saturated rings. The van der Waals surface area contributed by atoms with Gasteiger partial charge in [0, 0.05) is 82.4 Å². The number of anilines is 4. The SMILES string of the molecule is CNCC1(C(=O)Nc2cc3c(/C=C/c4ccc(F)cc4)n[nH]c3cc2F)CC1.CNCC1(C(=O)Nc2cc3c(/C=C/c4cccc(F)c4)n[nH]c3cc2F)CC1.CNCC1(C(=O)Nc2cc3c(/C=C/c4ccccc4F)n[nH]c3cc2F)CC1.CNCC1(C(=O)Nc2cc3c(/C=C/c4cccs4)n[nH]c3cc2F)CC1. The van der Waals surface area contributed by atoms with Crippen molar-refractivity contribution in [1.82, 2.24) is 62.1 Å². The lowest BCUT2D eigenvalue weighted by atomic mass is 10.1. The normalized spacial score (nSPS) is 15.3. The summed E-state index contributed by atoms with van der Waals surface area (Å²) in [5.74, 6) is -3.68. The van der Waals surface area contributed by atoms with Crippen molar-refractivity contribution >= 4 is 150 Å². The van der Waals surface area contributed by atoms with E-state index in [2.05, 4.69) is 83.3 Å². The maximum Gasteiger partial charge on any atom is 0.231 e. The van der Waals surface area contributed by atoms with Gasteiger partial charge in [0.1, 0.15) is 40.7 Å². The molecule has 16 rings (SSSR count). The lowest BCUT2D eigenvalue weighted by molar-refractivity contribution is -0.121. The summed E-state index contributed by atoms with van der Waals surface area (Å²) < 4.78 is 97.8. The first kappa shape index (κ1) is 76.5. The van der Waals surface area contributed by atoms with Crippen molar-refractivity contribution in [2.75, 3.05) is 75.6 Å². The molecule has 0 aliphatic heterocycles. The average molecular weight is 1520 g/mol. The Labute approximate surface area is 631 Å². The highest BCUT2D eigenvalue weighted by molar-refractivity contribution is 7.10. The Morgan fingerprint density at radius 3 is 1.05 bits per heavy atom. The van der Waals surface area contributed by atoms with Gasteiger partial charge >= 0.3 is 0 Å². The molecule has 28 heteroatoms. The molecule has 5 heterocycles. The molecule has 0 bridgehead atoms. The Hall–Kier alpha value is -11.7. The van der Waals surface area contributed by atoms with Gasteiger partial charge in [-0.1, -0.05) is 60.7 Å². The maximum absolute atomic E-state index is 14.4. The van der Waals surface area contributed by atoms with Gasteiger partial charge in [-0.05, 0) is 193 Å². The summed E-state index contributed by atoms with van der Waals surface area (Å²) in [5.41, 5.74) is 5.31. The van der Waals surface area contributed by atoms with E-state index in [1.54, 1.807) is 136 Å². The fraction of sp³-hybridized carbons (Fsp3) is 0.244.